The Labute approximate surface area is 343 Å². The molecule has 9 aromatic carbocycles. The van der Waals surface area contributed by atoms with Gasteiger partial charge < -0.3 is 4.90 Å². The number of rotatable bonds is 7. The third-order valence-corrected chi connectivity index (χ3v) is 12.7. The molecule has 1 aromatic heterocycles. The number of nitrogens with zero attached hydrogens (tertiary/aromatic N) is 1. The molecule has 1 nitrogen and oxygen atoms in total. The van der Waals surface area contributed by atoms with E-state index < -0.39 is 5.41 Å². The van der Waals surface area contributed by atoms with Crippen LogP contribution in [0.2, 0.25) is 0 Å². The summed E-state index contributed by atoms with van der Waals surface area (Å²) in [6, 6.07) is 68.9. The van der Waals surface area contributed by atoms with Gasteiger partial charge in [0, 0.05) is 37.1 Å². The highest BCUT2D eigenvalue weighted by molar-refractivity contribution is 7.26. The Morgan fingerprint density at radius 1 is 0.421 bits per heavy atom. The summed E-state index contributed by atoms with van der Waals surface area (Å²) in [6.07, 6.45) is 0. The second kappa shape index (κ2) is 13.6. The maximum Gasteiger partial charge on any atom is 0.0714 e. The topological polar surface area (TPSA) is 3.24 Å². The molecule has 1 aliphatic rings. The SMILES string of the molecule is [2H]c1c([2H])c([2H])c(N(c2ccc(-c3cccc4c3sc3ccccc34)cc2)c2ccc3c(c2)C(c2ccccc2)(c2ccccc2)c2ccccc2-3)c(-c2ccccc2)c1[2H]. The highest BCUT2D eigenvalue weighted by Gasteiger charge is 2.46. The molecule has 0 spiro atoms. The van der Waals surface area contributed by atoms with Gasteiger partial charge in [0.1, 0.15) is 0 Å². The largest absolute Gasteiger partial charge is 0.310 e. The van der Waals surface area contributed by atoms with Crippen LogP contribution in [0.4, 0.5) is 17.1 Å². The fourth-order valence-corrected chi connectivity index (χ4v) is 10.3. The van der Waals surface area contributed by atoms with Crippen LogP contribution >= 0.6 is 11.3 Å². The molecule has 0 radical (unpaired) electrons. The number of hydrogen-bond acceptors (Lipinski definition) is 2. The number of hydrogen-bond donors (Lipinski definition) is 0. The minimum Gasteiger partial charge on any atom is -0.310 e. The van der Waals surface area contributed by atoms with Gasteiger partial charge in [0.05, 0.1) is 16.6 Å². The summed E-state index contributed by atoms with van der Waals surface area (Å²) in [5, 5.41) is 2.48. The fourth-order valence-electron chi connectivity index (χ4n) is 9.03. The lowest BCUT2D eigenvalue weighted by Crippen LogP contribution is -2.28. The summed E-state index contributed by atoms with van der Waals surface area (Å²) in [5.74, 6) is 0. The molecule has 0 saturated carbocycles. The second-order valence-electron chi connectivity index (χ2n) is 14.5. The van der Waals surface area contributed by atoms with Crippen molar-refractivity contribution in [3.05, 3.63) is 247 Å². The normalized spacial score (nSPS) is 13.7. The van der Waals surface area contributed by atoms with E-state index in [1.165, 1.54) is 25.7 Å². The van der Waals surface area contributed by atoms with Crippen LogP contribution in [0, 0.1) is 0 Å². The van der Waals surface area contributed by atoms with Crippen LogP contribution in [0.5, 0.6) is 0 Å². The smallest absolute Gasteiger partial charge is 0.0714 e. The monoisotopic (exact) mass is 747 g/mol. The maximum absolute atomic E-state index is 9.65. The first-order valence-corrected chi connectivity index (χ1v) is 20.1. The van der Waals surface area contributed by atoms with E-state index in [9.17, 15) is 2.74 Å². The van der Waals surface area contributed by atoms with Crippen molar-refractivity contribution in [3.8, 4) is 33.4 Å². The fraction of sp³-hybridized carbons (Fsp3) is 0.0182. The van der Waals surface area contributed by atoms with E-state index in [4.69, 9.17) is 2.74 Å². The van der Waals surface area contributed by atoms with Crippen molar-refractivity contribution in [1.82, 2.24) is 0 Å². The first-order chi connectivity index (χ1) is 29.9. The van der Waals surface area contributed by atoms with E-state index >= 15 is 0 Å². The molecular weight excluding hydrogens is 707 g/mol. The minimum absolute atomic E-state index is 0.0863. The van der Waals surface area contributed by atoms with Crippen molar-refractivity contribution in [2.24, 2.45) is 0 Å². The Morgan fingerprint density at radius 2 is 1.00 bits per heavy atom. The third kappa shape index (κ3) is 5.29. The Hall–Kier alpha value is -7.00. The van der Waals surface area contributed by atoms with Gasteiger partial charge in [0.15, 0.2) is 0 Å². The molecule has 0 aliphatic heterocycles. The zero-order chi connectivity index (χ0) is 41.2. The van der Waals surface area contributed by atoms with Gasteiger partial charge in [-0.15, -0.1) is 11.3 Å². The average molecular weight is 748 g/mol. The second-order valence-corrected chi connectivity index (χ2v) is 15.6. The van der Waals surface area contributed by atoms with Crippen LogP contribution in [-0.2, 0) is 5.41 Å². The van der Waals surface area contributed by atoms with Crippen molar-refractivity contribution in [3.63, 3.8) is 0 Å². The Kier molecular flexibility index (Phi) is 7.01. The van der Waals surface area contributed by atoms with Gasteiger partial charge >= 0.3 is 0 Å². The maximum atomic E-state index is 9.65. The van der Waals surface area contributed by atoms with Gasteiger partial charge in [-0.1, -0.05) is 188 Å². The van der Waals surface area contributed by atoms with E-state index in [1.54, 1.807) is 11.3 Å². The summed E-state index contributed by atoms with van der Waals surface area (Å²) in [5.41, 5.74) is 11.5. The molecule has 2 heteroatoms. The summed E-state index contributed by atoms with van der Waals surface area (Å²) in [6.45, 7) is 0. The summed E-state index contributed by atoms with van der Waals surface area (Å²) >= 11 is 1.80. The number of para-hydroxylation sites is 1. The molecule has 10 aromatic rings. The lowest BCUT2D eigenvalue weighted by molar-refractivity contribution is 0.768. The van der Waals surface area contributed by atoms with Gasteiger partial charge in [0.25, 0.3) is 0 Å². The van der Waals surface area contributed by atoms with Crippen LogP contribution in [0.15, 0.2) is 224 Å². The molecule has 57 heavy (non-hydrogen) atoms. The molecule has 0 saturated heterocycles. The van der Waals surface area contributed by atoms with Crippen LogP contribution in [0.1, 0.15) is 27.7 Å². The van der Waals surface area contributed by atoms with Crippen LogP contribution in [0.3, 0.4) is 0 Å². The molecule has 0 bridgehead atoms. The first-order valence-electron chi connectivity index (χ1n) is 21.3. The molecule has 0 atom stereocenters. The Balaban J connectivity index is 1.19. The molecule has 0 fully saturated rings. The Morgan fingerprint density at radius 3 is 1.77 bits per heavy atom. The Bertz CT molecular complexity index is 3250. The summed E-state index contributed by atoms with van der Waals surface area (Å²) < 4.78 is 39.4. The van der Waals surface area contributed by atoms with Crippen LogP contribution < -0.4 is 4.90 Å². The molecule has 0 amide bonds. The van der Waals surface area contributed by atoms with Crippen molar-refractivity contribution in [2.75, 3.05) is 4.90 Å². The zero-order valence-corrected chi connectivity index (χ0v) is 31.7. The summed E-state index contributed by atoms with van der Waals surface area (Å²) in [7, 11) is 0. The number of fused-ring (bicyclic) bond motifs is 6. The highest BCUT2D eigenvalue weighted by atomic mass is 32.1. The predicted molar refractivity (Wildman–Crippen MR) is 242 cm³/mol. The van der Waals surface area contributed by atoms with Gasteiger partial charge in [0.2, 0.25) is 0 Å². The van der Waals surface area contributed by atoms with Crippen LogP contribution in [0.25, 0.3) is 53.6 Å². The van der Waals surface area contributed by atoms with E-state index in [2.05, 4.69) is 170 Å². The lowest BCUT2D eigenvalue weighted by Gasteiger charge is -2.35. The number of anilines is 3. The molecule has 0 N–H and O–H groups in total. The van der Waals surface area contributed by atoms with Gasteiger partial charge in [-0.2, -0.15) is 0 Å². The molecule has 0 unspecified atom stereocenters. The predicted octanol–water partition coefficient (Wildman–Crippen LogP) is 15.2. The first kappa shape index (κ1) is 29.3. The van der Waals surface area contributed by atoms with Crippen LogP contribution in [-0.4, -0.2) is 0 Å². The van der Waals surface area contributed by atoms with Crippen molar-refractivity contribution in [1.29, 1.82) is 0 Å². The zero-order valence-electron chi connectivity index (χ0n) is 34.9. The van der Waals surface area contributed by atoms with E-state index in [0.29, 0.717) is 16.8 Å². The van der Waals surface area contributed by atoms with E-state index in [1.807, 2.05) is 35.2 Å². The standard InChI is InChI=1S/C55H37NS/c1-4-17-38(18-5-1)44-23-11-14-29-52(44)56(42-33-31-39(32-34-42)45-26-16-27-49-48-25-12-15-30-53(48)57-54(45)49)43-35-36-47-46-24-10-13-28-50(46)55(51(47)37-43,40-19-6-2-7-20-40)41-21-8-3-9-22-41/h1-37H/i11D,14D,23D,29D. The van der Waals surface area contributed by atoms with Crippen molar-refractivity contribution in [2.45, 2.75) is 5.41 Å². The molecular formula is C55H37NS. The number of thiophene rings is 1. The van der Waals surface area contributed by atoms with Gasteiger partial charge in [-0.25, -0.2) is 0 Å². The molecule has 11 rings (SSSR count). The lowest BCUT2D eigenvalue weighted by atomic mass is 9.67. The molecule has 1 heterocycles. The minimum atomic E-state index is -0.666. The van der Waals surface area contributed by atoms with E-state index in [0.717, 1.165) is 50.3 Å². The molecule has 1 aliphatic carbocycles. The van der Waals surface area contributed by atoms with E-state index in [-0.39, 0.29) is 24.2 Å². The third-order valence-electron chi connectivity index (χ3n) is 11.5. The molecule has 268 valence electrons. The van der Waals surface area contributed by atoms with Gasteiger partial charge in [-0.05, 0) is 86.4 Å². The van der Waals surface area contributed by atoms with Gasteiger partial charge in [-0.3, -0.25) is 0 Å². The number of benzene rings is 9. The van der Waals surface area contributed by atoms with Crippen molar-refractivity contribution >= 4 is 48.6 Å². The average Bonchev–Trinajstić information content (AvgIpc) is 3.85. The quantitative estimate of drug-likeness (QED) is 0.157. The van der Waals surface area contributed by atoms with Crippen molar-refractivity contribution < 1.29 is 5.48 Å². The summed E-state index contributed by atoms with van der Waals surface area (Å²) in [4.78, 5) is 2.04. The highest BCUT2D eigenvalue weighted by Crippen LogP contribution is 2.57.